The first kappa shape index (κ1) is 14.0. The molecule has 1 unspecified atom stereocenters. The fourth-order valence-electron chi connectivity index (χ4n) is 2.26. The van der Waals surface area contributed by atoms with Crippen molar-refractivity contribution in [3.63, 3.8) is 0 Å². The third kappa shape index (κ3) is 2.97. The summed E-state index contributed by atoms with van der Waals surface area (Å²) >= 11 is 0. The van der Waals surface area contributed by atoms with Gasteiger partial charge in [-0.1, -0.05) is 25.1 Å². The number of benzene rings is 1. The van der Waals surface area contributed by atoms with Crippen molar-refractivity contribution < 1.29 is 8.42 Å². The summed E-state index contributed by atoms with van der Waals surface area (Å²) in [5.74, 6) is 0. The number of hydrogen-bond donors (Lipinski definition) is 2. The minimum atomic E-state index is -3.70. The molecule has 0 spiro atoms. The maximum atomic E-state index is 11.5. The average molecular weight is 281 g/mol. The molecule has 0 saturated heterocycles. The van der Waals surface area contributed by atoms with Gasteiger partial charge in [-0.2, -0.15) is 0 Å². The molecule has 1 atom stereocenters. The molecule has 4 N–H and O–H groups in total. The molecule has 1 aromatic rings. The van der Waals surface area contributed by atoms with Gasteiger partial charge in [-0.25, -0.2) is 13.6 Å². The maximum Gasteiger partial charge on any atom is 0.238 e. The van der Waals surface area contributed by atoms with Crippen LogP contribution in [0.5, 0.6) is 0 Å². The lowest BCUT2D eigenvalue weighted by atomic mass is 10.1. The van der Waals surface area contributed by atoms with Crippen molar-refractivity contribution in [2.75, 3.05) is 11.4 Å². The Morgan fingerprint density at radius 3 is 2.79 bits per heavy atom. The van der Waals surface area contributed by atoms with Crippen molar-refractivity contribution in [3.8, 4) is 0 Å². The molecule has 1 heterocycles. The second-order valence-electron chi connectivity index (χ2n) is 4.66. The molecule has 0 aliphatic carbocycles. The van der Waals surface area contributed by atoms with E-state index < -0.39 is 10.0 Å². The molecular weight excluding hydrogens is 262 g/mol. The Hall–Kier alpha value is -1.37. The van der Waals surface area contributed by atoms with Gasteiger partial charge in [0.15, 0.2) is 0 Å². The van der Waals surface area contributed by atoms with Crippen LogP contribution in [0, 0.1) is 0 Å². The first-order valence-electron chi connectivity index (χ1n) is 6.29. The minimum Gasteiger partial charge on any atom is -0.355 e. The van der Waals surface area contributed by atoms with E-state index in [4.69, 9.17) is 10.9 Å². The molecule has 2 rings (SSSR count). The standard InChI is InChI=1S/C13H19N3O2S/c1-2-8-16-12-9-11(19(15,17)18)7-6-10(12)4-3-5-13(16)14/h3-4,6-7,9,13H,2,5,8,14H2,1H3,(H2,15,17,18). The zero-order valence-corrected chi connectivity index (χ0v) is 11.7. The number of rotatable bonds is 3. The second kappa shape index (κ2) is 5.32. The first-order chi connectivity index (χ1) is 8.93. The monoisotopic (exact) mass is 281 g/mol. The van der Waals surface area contributed by atoms with Crippen LogP contribution in [0.1, 0.15) is 25.3 Å². The van der Waals surface area contributed by atoms with E-state index in [0.717, 1.165) is 30.6 Å². The summed E-state index contributed by atoms with van der Waals surface area (Å²) in [6.45, 7) is 2.85. The third-order valence-electron chi connectivity index (χ3n) is 3.18. The van der Waals surface area contributed by atoms with Crippen LogP contribution in [0.15, 0.2) is 29.2 Å². The van der Waals surface area contributed by atoms with Gasteiger partial charge >= 0.3 is 0 Å². The quantitative estimate of drug-likeness (QED) is 0.872. The molecule has 0 amide bonds. The fourth-order valence-corrected chi connectivity index (χ4v) is 2.79. The van der Waals surface area contributed by atoms with E-state index in [1.165, 1.54) is 6.07 Å². The van der Waals surface area contributed by atoms with E-state index in [9.17, 15) is 8.42 Å². The van der Waals surface area contributed by atoms with E-state index in [0.29, 0.717) is 0 Å². The highest BCUT2D eigenvalue weighted by Crippen LogP contribution is 2.29. The van der Waals surface area contributed by atoms with Gasteiger partial charge in [-0.05, 0) is 30.5 Å². The van der Waals surface area contributed by atoms with Gasteiger partial charge in [0.05, 0.1) is 11.1 Å². The smallest absolute Gasteiger partial charge is 0.238 e. The zero-order chi connectivity index (χ0) is 14.0. The van der Waals surface area contributed by atoms with Gasteiger partial charge in [0, 0.05) is 12.2 Å². The molecule has 0 bridgehead atoms. The SMILES string of the molecule is CCCN1c2cc(S(N)(=O)=O)ccc2C=CCC1N. The van der Waals surface area contributed by atoms with E-state index in [1.807, 2.05) is 17.1 Å². The zero-order valence-electron chi connectivity index (χ0n) is 10.9. The number of anilines is 1. The molecule has 0 saturated carbocycles. The van der Waals surface area contributed by atoms with Crippen molar-refractivity contribution in [2.24, 2.45) is 10.9 Å². The molecule has 5 nitrogen and oxygen atoms in total. The van der Waals surface area contributed by atoms with E-state index in [-0.39, 0.29) is 11.1 Å². The molecule has 1 aliphatic heterocycles. The Balaban J connectivity index is 2.55. The summed E-state index contributed by atoms with van der Waals surface area (Å²) in [7, 11) is -3.70. The van der Waals surface area contributed by atoms with Gasteiger partial charge in [-0.15, -0.1) is 0 Å². The Kier molecular flexibility index (Phi) is 3.93. The molecule has 0 fully saturated rings. The van der Waals surface area contributed by atoms with Gasteiger partial charge in [0.25, 0.3) is 0 Å². The predicted octanol–water partition coefficient (Wildman–Crippen LogP) is 1.25. The number of sulfonamides is 1. The van der Waals surface area contributed by atoms with Gasteiger partial charge < -0.3 is 10.6 Å². The number of primary sulfonamides is 1. The lowest BCUT2D eigenvalue weighted by Crippen LogP contribution is -2.42. The Labute approximate surface area is 113 Å². The molecule has 0 aromatic heterocycles. The third-order valence-corrected chi connectivity index (χ3v) is 4.09. The number of nitrogens with two attached hydrogens (primary N) is 2. The maximum absolute atomic E-state index is 11.5. The fraction of sp³-hybridized carbons (Fsp3) is 0.385. The highest BCUT2D eigenvalue weighted by Gasteiger charge is 2.20. The lowest BCUT2D eigenvalue weighted by molar-refractivity contribution is 0.596. The molecule has 0 radical (unpaired) electrons. The van der Waals surface area contributed by atoms with Crippen LogP contribution < -0.4 is 15.8 Å². The van der Waals surface area contributed by atoms with Gasteiger partial charge in [0.1, 0.15) is 0 Å². The van der Waals surface area contributed by atoms with Crippen LogP contribution in [0.2, 0.25) is 0 Å². The van der Waals surface area contributed by atoms with E-state index >= 15 is 0 Å². The largest absolute Gasteiger partial charge is 0.355 e. The summed E-state index contributed by atoms with van der Waals surface area (Å²) < 4.78 is 22.9. The predicted molar refractivity (Wildman–Crippen MR) is 77.1 cm³/mol. The number of nitrogens with zero attached hydrogens (tertiary/aromatic N) is 1. The van der Waals surface area contributed by atoms with Crippen molar-refractivity contribution in [2.45, 2.75) is 30.8 Å². The molecule has 1 aromatic carbocycles. The van der Waals surface area contributed by atoms with Gasteiger partial charge in [0.2, 0.25) is 10.0 Å². The summed E-state index contributed by atoms with van der Waals surface area (Å²) in [5.41, 5.74) is 7.93. The normalized spacial score (nSPS) is 19.1. The van der Waals surface area contributed by atoms with E-state index in [1.54, 1.807) is 12.1 Å². The van der Waals surface area contributed by atoms with Crippen LogP contribution in [0.25, 0.3) is 6.08 Å². The van der Waals surface area contributed by atoms with Crippen LogP contribution in [-0.2, 0) is 10.0 Å². The minimum absolute atomic E-state index is 0.120. The van der Waals surface area contributed by atoms with Crippen molar-refractivity contribution in [3.05, 3.63) is 29.8 Å². The molecular formula is C13H19N3O2S. The Morgan fingerprint density at radius 2 is 2.16 bits per heavy atom. The Morgan fingerprint density at radius 1 is 1.42 bits per heavy atom. The first-order valence-corrected chi connectivity index (χ1v) is 7.83. The summed E-state index contributed by atoms with van der Waals surface area (Å²) in [6.07, 6.45) is 5.51. The lowest BCUT2D eigenvalue weighted by Gasteiger charge is -2.30. The molecule has 104 valence electrons. The highest BCUT2D eigenvalue weighted by atomic mass is 32.2. The average Bonchev–Trinajstić information content (AvgIpc) is 2.49. The molecule has 6 heteroatoms. The topological polar surface area (TPSA) is 89.4 Å². The summed E-state index contributed by atoms with van der Waals surface area (Å²) in [4.78, 5) is 2.15. The van der Waals surface area contributed by atoms with Crippen LogP contribution >= 0.6 is 0 Å². The number of hydrogen-bond acceptors (Lipinski definition) is 4. The summed E-state index contributed by atoms with van der Waals surface area (Å²) in [5, 5.41) is 5.19. The molecule has 19 heavy (non-hydrogen) atoms. The second-order valence-corrected chi connectivity index (χ2v) is 6.23. The number of fused-ring (bicyclic) bond motifs is 1. The van der Waals surface area contributed by atoms with Crippen LogP contribution in [0.4, 0.5) is 5.69 Å². The van der Waals surface area contributed by atoms with Crippen molar-refractivity contribution in [1.29, 1.82) is 0 Å². The molecule has 1 aliphatic rings. The van der Waals surface area contributed by atoms with E-state index in [2.05, 4.69) is 6.92 Å². The highest BCUT2D eigenvalue weighted by molar-refractivity contribution is 7.89. The van der Waals surface area contributed by atoms with Gasteiger partial charge in [-0.3, -0.25) is 0 Å². The Bertz CT molecular complexity index is 596. The van der Waals surface area contributed by atoms with Crippen molar-refractivity contribution >= 4 is 21.8 Å². The van der Waals surface area contributed by atoms with Crippen molar-refractivity contribution in [1.82, 2.24) is 0 Å². The van der Waals surface area contributed by atoms with Crippen LogP contribution in [-0.4, -0.2) is 21.1 Å². The summed E-state index contributed by atoms with van der Waals surface area (Å²) in [6, 6.07) is 4.90. The van der Waals surface area contributed by atoms with Crippen LogP contribution in [0.3, 0.4) is 0 Å².